The molecule has 3 aromatic rings. The molecule has 0 aromatic heterocycles. The van der Waals surface area contributed by atoms with Crippen LogP contribution in [0.25, 0.3) is 10.8 Å². The maximum Gasteiger partial charge on any atom is 0.254 e. The van der Waals surface area contributed by atoms with E-state index in [0.717, 1.165) is 22.1 Å². The molecule has 0 aliphatic carbocycles. The number of carbonyl (C=O) groups is 2. The van der Waals surface area contributed by atoms with Crippen LogP contribution in [-0.2, 0) is 11.3 Å². The summed E-state index contributed by atoms with van der Waals surface area (Å²) in [5.41, 5.74) is 3.03. The van der Waals surface area contributed by atoms with Gasteiger partial charge in [0.1, 0.15) is 5.75 Å². The molecule has 1 heterocycles. The molecule has 1 saturated heterocycles. The van der Waals surface area contributed by atoms with E-state index in [1.807, 2.05) is 53.2 Å². The molecule has 3 aromatic carbocycles. The maximum absolute atomic E-state index is 13.3. The first-order valence-corrected chi connectivity index (χ1v) is 11.1. The zero-order valence-electron chi connectivity index (χ0n) is 19.0. The monoisotopic (exact) mass is 430 g/mol. The average molecular weight is 431 g/mol. The highest BCUT2D eigenvalue weighted by Crippen LogP contribution is 2.30. The van der Waals surface area contributed by atoms with Crippen molar-refractivity contribution in [2.45, 2.75) is 26.3 Å². The number of amides is 2. The van der Waals surface area contributed by atoms with Crippen LogP contribution in [0, 0.1) is 12.8 Å². The van der Waals surface area contributed by atoms with E-state index in [-0.39, 0.29) is 17.7 Å². The standard InChI is InChI=1S/C27H30N2O3/c1-19-8-10-20(11-9-19)18-28(2)26(30)21-14-16-29(17-15-21)27(31)24-12-13-25(32-3)23-7-5-4-6-22(23)24/h4-13,21H,14-18H2,1-3H3. The summed E-state index contributed by atoms with van der Waals surface area (Å²) in [5, 5.41) is 1.83. The van der Waals surface area contributed by atoms with Crippen LogP contribution in [0.4, 0.5) is 0 Å². The summed E-state index contributed by atoms with van der Waals surface area (Å²) in [5.74, 6) is 0.899. The molecule has 0 saturated carbocycles. The molecule has 0 spiro atoms. The Hall–Kier alpha value is -3.34. The van der Waals surface area contributed by atoms with Gasteiger partial charge in [0.05, 0.1) is 7.11 Å². The summed E-state index contributed by atoms with van der Waals surface area (Å²) >= 11 is 0. The maximum atomic E-state index is 13.3. The summed E-state index contributed by atoms with van der Waals surface area (Å²) in [4.78, 5) is 29.9. The van der Waals surface area contributed by atoms with E-state index in [0.29, 0.717) is 38.0 Å². The lowest BCUT2D eigenvalue weighted by atomic mass is 9.94. The van der Waals surface area contributed by atoms with Gasteiger partial charge in [-0.3, -0.25) is 9.59 Å². The molecule has 0 atom stereocenters. The second kappa shape index (κ2) is 9.43. The highest BCUT2D eigenvalue weighted by molar-refractivity contribution is 6.08. The van der Waals surface area contributed by atoms with Crippen molar-refractivity contribution in [2.24, 2.45) is 5.92 Å². The van der Waals surface area contributed by atoms with Gasteiger partial charge in [0, 0.05) is 43.5 Å². The molecule has 2 amide bonds. The van der Waals surface area contributed by atoms with Gasteiger partial charge >= 0.3 is 0 Å². The topological polar surface area (TPSA) is 49.9 Å². The van der Waals surface area contributed by atoms with Gasteiger partial charge in [0.25, 0.3) is 5.91 Å². The predicted molar refractivity (Wildman–Crippen MR) is 127 cm³/mol. The van der Waals surface area contributed by atoms with E-state index in [1.54, 1.807) is 7.11 Å². The van der Waals surface area contributed by atoms with Crippen molar-refractivity contribution >= 4 is 22.6 Å². The van der Waals surface area contributed by atoms with E-state index in [4.69, 9.17) is 4.74 Å². The first-order chi connectivity index (χ1) is 15.5. The normalized spacial score (nSPS) is 14.4. The number of ether oxygens (including phenoxy) is 1. The smallest absolute Gasteiger partial charge is 0.254 e. The second-order valence-electron chi connectivity index (χ2n) is 8.61. The van der Waals surface area contributed by atoms with Crippen LogP contribution >= 0.6 is 0 Å². The van der Waals surface area contributed by atoms with Crippen LogP contribution in [0.15, 0.2) is 60.7 Å². The number of piperidine rings is 1. The van der Waals surface area contributed by atoms with Gasteiger partial charge in [0.2, 0.25) is 5.91 Å². The Morgan fingerprint density at radius 3 is 2.28 bits per heavy atom. The zero-order valence-corrected chi connectivity index (χ0v) is 19.0. The fourth-order valence-corrected chi connectivity index (χ4v) is 4.49. The minimum absolute atomic E-state index is 0.0164. The quantitative estimate of drug-likeness (QED) is 0.591. The molecule has 5 nitrogen and oxygen atoms in total. The molecule has 1 aliphatic heterocycles. The minimum atomic E-state index is -0.0397. The molecule has 5 heteroatoms. The van der Waals surface area contributed by atoms with Crippen molar-refractivity contribution in [3.05, 3.63) is 77.4 Å². The van der Waals surface area contributed by atoms with Crippen molar-refractivity contribution in [3.63, 3.8) is 0 Å². The van der Waals surface area contributed by atoms with Crippen LogP contribution in [0.2, 0.25) is 0 Å². The van der Waals surface area contributed by atoms with E-state index in [9.17, 15) is 9.59 Å². The number of benzene rings is 3. The van der Waals surface area contributed by atoms with Gasteiger partial charge in [-0.15, -0.1) is 0 Å². The van der Waals surface area contributed by atoms with Crippen molar-refractivity contribution in [2.75, 3.05) is 27.2 Å². The number of aryl methyl sites for hydroxylation is 1. The van der Waals surface area contributed by atoms with Gasteiger partial charge in [0.15, 0.2) is 0 Å². The number of carbonyl (C=O) groups excluding carboxylic acids is 2. The lowest BCUT2D eigenvalue weighted by Gasteiger charge is -2.33. The van der Waals surface area contributed by atoms with E-state index in [1.165, 1.54) is 5.56 Å². The number of fused-ring (bicyclic) bond motifs is 1. The molecule has 4 rings (SSSR count). The van der Waals surface area contributed by atoms with Crippen LogP contribution < -0.4 is 4.74 Å². The van der Waals surface area contributed by atoms with Crippen molar-refractivity contribution in [3.8, 4) is 5.75 Å². The Kier molecular flexibility index (Phi) is 6.45. The Morgan fingerprint density at radius 2 is 1.62 bits per heavy atom. The third-order valence-electron chi connectivity index (χ3n) is 6.38. The fourth-order valence-electron chi connectivity index (χ4n) is 4.49. The SMILES string of the molecule is COc1ccc(C(=O)N2CCC(C(=O)N(C)Cc3ccc(C)cc3)CC2)c2ccccc12. The molecule has 1 aliphatic rings. The van der Waals surface area contributed by atoms with Gasteiger partial charge in [-0.2, -0.15) is 0 Å². The molecule has 0 N–H and O–H groups in total. The van der Waals surface area contributed by atoms with Crippen molar-refractivity contribution < 1.29 is 14.3 Å². The zero-order chi connectivity index (χ0) is 22.7. The first-order valence-electron chi connectivity index (χ1n) is 11.1. The number of methoxy groups -OCH3 is 1. The molecular weight excluding hydrogens is 400 g/mol. The summed E-state index contributed by atoms with van der Waals surface area (Å²) < 4.78 is 5.45. The molecule has 1 fully saturated rings. The summed E-state index contributed by atoms with van der Waals surface area (Å²) in [7, 11) is 3.50. The highest BCUT2D eigenvalue weighted by Gasteiger charge is 2.30. The average Bonchev–Trinajstić information content (AvgIpc) is 2.84. The third kappa shape index (κ3) is 4.47. The highest BCUT2D eigenvalue weighted by atomic mass is 16.5. The lowest BCUT2D eigenvalue weighted by Crippen LogP contribution is -2.43. The van der Waals surface area contributed by atoms with E-state index < -0.39 is 0 Å². The van der Waals surface area contributed by atoms with E-state index in [2.05, 4.69) is 31.2 Å². The predicted octanol–water partition coefficient (Wildman–Crippen LogP) is 4.67. The van der Waals surface area contributed by atoms with Gasteiger partial charge in [-0.25, -0.2) is 0 Å². The Bertz CT molecular complexity index is 1120. The number of likely N-dealkylation sites (tertiary alicyclic amines) is 1. The number of hydrogen-bond acceptors (Lipinski definition) is 3. The fraction of sp³-hybridized carbons (Fsp3) is 0.333. The van der Waals surface area contributed by atoms with Gasteiger partial charge in [-0.05, 0) is 42.8 Å². The number of rotatable bonds is 5. The third-order valence-corrected chi connectivity index (χ3v) is 6.38. The lowest BCUT2D eigenvalue weighted by molar-refractivity contribution is -0.136. The molecule has 0 bridgehead atoms. The van der Waals surface area contributed by atoms with Crippen LogP contribution in [0.3, 0.4) is 0 Å². The van der Waals surface area contributed by atoms with Crippen LogP contribution in [-0.4, -0.2) is 48.9 Å². The summed E-state index contributed by atoms with van der Waals surface area (Å²) in [6.07, 6.45) is 1.38. The van der Waals surface area contributed by atoms with Gasteiger partial charge in [-0.1, -0.05) is 54.1 Å². The molecule has 32 heavy (non-hydrogen) atoms. The molecule has 166 valence electrons. The number of nitrogens with zero attached hydrogens (tertiary/aromatic N) is 2. The van der Waals surface area contributed by atoms with Crippen LogP contribution in [0.5, 0.6) is 5.75 Å². The van der Waals surface area contributed by atoms with E-state index >= 15 is 0 Å². The number of hydrogen-bond donors (Lipinski definition) is 0. The van der Waals surface area contributed by atoms with Crippen molar-refractivity contribution in [1.82, 2.24) is 9.80 Å². The van der Waals surface area contributed by atoms with Gasteiger partial charge < -0.3 is 14.5 Å². The van der Waals surface area contributed by atoms with Crippen molar-refractivity contribution in [1.29, 1.82) is 0 Å². The minimum Gasteiger partial charge on any atom is -0.496 e. The largest absolute Gasteiger partial charge is 0.496 e. The Balaban J connectivity index is 1.40. The summed E-state index contributed by atoms with van der Waals surface area (Å²) in [6.45, 7) is 3.85. The van der Waals surface area contributed by atoms with Crippen LogP contribution in [0.1, 0.15) is 34.3 Å². The molecule has 0 radical (unpaired) electrons. The summed E-state index contributed by atoms with van der Waals surface area (Å²) in [6, 6.07) is 19.8. The second-order valence-corrected chi connectivity index (χ2v) is 8.61. The Morgan fingerprint density at radius 1 is 0.969 bits per heavy atom. The molecular formula is C27H30N2O3. The first kappa shape index (κ1) is 21.9. The Labute approximate surface area is 189 Å². The molecule has 0 unspecified atom stereocenters.